The van der Waals surface area contributed by atoms with Crippen molar-refractivity contribution in [1.29, 1.82) is 0 Å². The van der Waals surface area contributed by atoms with Crippen LogP contribution in [0, 0.1) is 0 Å². The van der Waals surface area contributed by atoms with Gasteiger partial charge >= 0.3 is 0 Å². The van der Waals surface area contributed by atoms with Crippen molar-refractivity contribution in [3.8, 4) is 10.7 Å². The Balaban J connectivity index is 1.36. The second-order valence-corrected chi connectivity index (χ2v) is 7.00. The average Bonchev–Trinajstić information content (AvgIpc) is 3.31. The smallest absolute Gasteiger partial charge is 0.227 e. The Morgan fingerprint density at radius 1 is 1.17 bits per heavy atom. The van der Waals surface area contributed by atoms with Gasteiger partial charge in [-0.15, -0.1) is 11.3 Å². The lowest BCUT2D eigenvalue weighted by atomic mass is 10.3. The number of amides is 1. The van der Waals surface area contributed by atoms with Gasteiger partial charge in [-0.3, -0.25) is 4.79 Å². The number of hydrogen-bond donors (Lipinski definition) is 1. The number of benzene rings is 1. The highest BCUT2D eigenvalue weighted by Gasteiger charge is 2.12. The van der Waals surface area contributed by atoms with Crippen LogP contribution in [0.25, 0.3) is 20.9 Å². The molecule has 1 aromatic carbocycles. The molecule has 3 aromatic heterocycles. The summed E-state index contributed by atoms with van der Waals surface area (Å²) < 4.78 is 6.24. The number of thiazole rings is 1. The highest BCUT2D eigenvalue weighted by molar-refractivity contribution is 7.22. The van der Waals surface area contributed by atoms with Crippen LogP contribution >= 0.6 is 22.7 Å². The van der Waals surface area contributed by atoms with Crippen LogP contribution in [-0.2, 0) is 11.2 Å². The molecule has 0 atom stereocenters. The number of hydrogen-bond acceptors (Lipinski definition) is 7. The minimum atomic E-state index is -0.120. The molecule has 0 aliphatic rings. The molecular weight excluding hydrogens is 344 g/mol. The van der Waals surface area contributed by atoms with Gasteiger partial charge in [0.05, 0.1) is 15.1 Å². The Morgan fingerprint density at radius 2 is 2.08 bits per heavy atom. The molecule has 120 valence electrons. The molecule has 3 heterocycles. The molecule has 0 saturated heterocycles. The van der Waals surface area contributed by atoms with E-state index in [9.17, 15) is 4.79 Å². The lowest BCUT2D eigenvalue weighted by Gasteiger charge is -1.98. The second-order valence-electron chi connectivity index (χ2n) is 5.02. The van der Waals surface area contributed by atoms with Crippen LogP contribution in [0.15, 0.2) is 46.3 Å². The third kappa shape index (κ3) is 3.19. The first-order valence-corrected chi connectivity index (χ1v) is 8.99. The zero-order valence-corrected chi connectivity index (χ0v) is 14.1. The van der Waals surface area contributed by atoms with Crippen LogP contribution in [-0.4, -0.2) is 21.0 Å². The Labute approximate surface area is 145 Å². The van der Waals surface area contributed by atoms with Gasteiger partial charge in [-0.2, -0.15) is 4.98 Å². The molecule has 0 spiro atoms. The molecule has 1 amide bonds. The number of aryl methyl sites for hydroxylation is 1. The summed E-state index contributed by atoms with van der Waals surface area (Å²) in [5, 5.41) is 9.31. The first-order valence-electron chi connectivity index (χ1n) is 7.30. The van der Waals surface area contributed by atoms with Crippen molar-refractivity contribution in [2.45, 2.75) is 12.8 Å². The largest absolute Gasteiger partial charge is 0.339 e. The molecule has 6 nitrogen and oxygen atoms in total. The number of anilines is 1. The van der Waals surface area contributed by atoms with Crippen molar-refractivity contribution in [1.82, 2.24) is 15.1 Å². The monoisotopic (exact) mass is 356 g/mol. The lowest BCUT2D eigenvalue weighted by molar-refractivity contribution is -0.116. The highest BCUT2D eigenvalue weighted by atomic mass is 32.1. The minimum Gasteiger partial charge on any atom is -0.339 e. The number of nitrogens with one attached hydrogen (secondary N) is 1. The van der Waals surface area contributed by atoms with Crippen LogP contribution in [0.4, 0.5) is 5.13 Å². The van der Waals surface area contributed by atoms with Crippen LogP contribution in [0.3, 0.4) is 0 Å². The molecule has 0 fully saturated rings. The molecule has 0 radical (unpaired) electrons. The quantitative estimate of drug-likeness (QED) is 0.585. The third-order valence-corrected chi connectivity index (χ3v) is 5.13. The summed E-state index contributed by atoms with van der Waals surface area (Å²) in [7, 11) is 0. The first-order chi connectivity index (χ1) is 11.8. The molecule has 4 aromatic rings. The number of para-hydroxylation sites is 1. The van der Waals surface area contributed by atoms with Gasteiger partial charge in [-0.25, -0.2) is 4.98 Å². The van der Waals surface area contributed by atoms with Crippen molar-refractivity contribution in [3.63, 3.8) is 0 Å². The summed E-state index contributed by atoms with van der Waals surface area (Å²) in [6.45, 7) is 0. The van der Waals surface area contributed by atoms with E-state index in [0.29, 0.717) is 23.3 Å². The van der Waals surface area contributed by atoms with E-state index in [1.165, 1.54) is 11.3 Å². The number of nitrogens with zero attached hydrogens (tertiary/aromatic N) is 3. The topological polar surface area (TPSA) is 80.9 Å². The van der Waals surface area contributed by atoms with Crippen molar-refractivity contribution < 1.29 is 9.32 Å². The minimum absolute atomic E-state index is 0.120. The number of carbonyl (C=O) groups is 1. The third-order valence-electron chi connectivity index (χ3n) is 3.32. The molecular formula is C16H12N4O2S2. The number of rotatable bonds is 5. The van der Waals surface area contributed by atoms with E-state index in [1.54, 1.807) is 11.3 Å². The van der Waals surface area contributed by atoms with Crippen molar-refractivity contribution in [3.05, 3.63) is 47.7 Å². The van der Waals surface area contributed by atoms with Crippen molar-refractivity contribution in [2.24, 2.45) is 0 Å². The normalized spacial score (nSPS) is 11.0. The van der Waals surface area contributed by atoms with Crippen molar-refractivity contribution >= 4 is 43.9 Å². The molecule has 0 bridgehead atoms. The summed E-state index contributed by atoms with van der Waals surface area (Å²) in [4.78, 5) is 21.7. The average molecular weight is 356 g/mol. The van der Waals surface area contributed by atoms with E-state index in [1.807, 2.05) is 41.8 Å². The van der Waals surface area contributed by atoms with Gasteiger partial charge < -0.3 is 9.84 Å². The Kier molecular flexibility index (Phi) is 4.06. The van der Waals surface area contributed by atoms with E-state index in [0.717, 1.165) is 15.1 Å². The van der Waals surface area contributed by atoms with Gasteiger partial charge in [0.15, 0.2) is 5.13 Å². The maximum Gasteiger partial charge on any atom is 0.227 e. The summed E-state index contributed by atoms with van der Waals surface area (Å²) in [6, 6.07) is 11.6. The van der Waals surface area contributed by atoms with E-state index >= 15 is 0 Å². The summed E-state index contributed by atoms with van der Waals surface area (Å²) in [6.07, 6.45) is 0.664. The molecule has 0 unspecified atom stereocenters. The maximum atomic E-state index is 12.1. The summed E-state index contributed by atoms with van der Waals surface area (Å²) >= 11 is 3.00. The second kappa shape index (κ2) is 6.50. The zero-order valence-electron chi connectivity index (χ0n) is 12.4. The highest BCUT2D eigenvalue weighted by Crippen LogP contribution is 2.25. The number of fused-ring (bicyclic) bond motifs is 1. The lowest BCUT2D eigenvalue weighted by Crippen LogP contribution is -2.12. The molecule has 0 aliphatic carbocycles. The van der Waals surface area contributed by atoms with Crippen molar-refractivity contribution in [2.75, 3.05) is 5.32 Å². The van der Waals surface area contributed by atoms with Gasteiger partial charge in [0.2, 0.25) is 17.6 Å². The fourth-order valence-corrected chi connectivity index (χ4v) is 3.72. The molecule has 0 aliphatic heterocycles. The van der Waals surface area contributed by atoms with Gasteiger partial charge in [-0.05, 0) is 23.6 Å². The predicted octanol–water partition coefficient (Wildman–Crippen LogP) is 3.98. The molecule has 8 heteroatoms. The standard InChI is InChI=1S/C16H12N4O2S2/c21-13(18-16-17-10-4-1-2-5-11(10)24-16)7-8-14-19-15(20-22-14)12-6-3-9-23-12/h1-6,9H,7-8H2,(H,17,18,21). The van der Waals surface area contributed by atoms with Crippen LogP contribution in [0.1, 0.15) is 12.3 Å². The molecule has 4 rings (SSSR count). The number of thiophene rings is 1. The summed E-state index contributed by atoms with van der Waals surface area (Å²) in [5.74, 6) is 0.898. The molecule has 1 N–H and O–H groups in total. The van der Waals surface area contributed by atoms with Crippen LogP contribution in [0.2, 0.25) is 0 Å². The maximum absolute atomic E-state index is 12.1. The van der Waals surface area contributed by atoms with Gasteiger partial charge in [0, 0.05) is 12.8 Å². The van der Waals surface area contributed by atoms with Gasteiger partial charge in [0.1, 0.15) is 0 Å². The number of carbonyl (C=O) groups excluding carboxylic acids is 1. The van der Waals surface area contributed by atoms with Crippen LogP contribution in [0.5, 0.6) is 0 Å². The molecule has 0 saturated carbocycles. The fraction of sp³-hybridized carbons (Fsp3) is 0.125. The molecule has 24 heavy (non-hydrogen) atoms. The summed E-state index contributed by atoms with van der Waals surface area (Å²) in [5.41, 5.74) is 0.885. The zero-order chi connectivity index (χ0) is 16.4. The van der Waals surface area contributed by atoms with E-state index in [-0.39, 0.29) is 12.3 Å². The first kappa shape index (κ1) is 15.0. The Hall–Kier alpha value is -2.58. The SMILES string of the molecule is O=C(CCc1nc(-c2cccs2)no1)Nc1nc2ccccc2s1. The number of aromatic nitrogens is 3. The van der Waals surface area contributed by atoms with E-state index in [2.05, 4.69) is 20.4 Å². The van der Waals surface area contributed by atoms with E-state index < -0.39 is 0 Å². The van der Waals surface area contributed by atoms with Gasteiger partial charge in [0.25, 0.3) is 0 Å². The Morgan fingerprint density at radius 3 is 2.92 bits per heavy atom. The van der Waals surface area contributed by atoms with E-state index in [4.69, 9.17) is 4.52 Å². The van der Waals surface area contributed by atoms with Gasteiger partial charge in [-0.1, -0.05) is 34.7 Å². The predicted molar refractivity (Wildman–Crippen MR) is 94.2 cm³/mol. The fourth-order valence-electron chi connectivity index (χ4n) is 2.19. The van der Waals surface area contributed by atoms with Crippen LogP contribution < -0.4 is 5.32 Å². The Bertz CT molecular complexity index is 942.